The van der Waals surface area contributed by atoms with Gasteiger partial charge in [-0.15, -0.1) is 0 Å². The fourth-order valence-corrected chi connectivity index (χ4v) is 1.07. The molecule has 0 amide bonds. The molecule has 0 bridgehead atoms. The summed E-state index contributed by atoms with van der Waals surface area (Å²) in [4.78, 5) is 11.2. The Morgan fingerprint density at radius 2 is 1.93 bits per heavy atom. The van der Waals surface area contributed by atoms with E-state index in [1.165, 1.54) is 0 Å². The summed E-state index contributed by atoms with van der Waals surface area (Å²) in [6, 6.07) is 0.479. The second-order valence-corrected chi connectivity index (χ2v) is 4.07. The van der Waals surface area contributed by atoms with Crippen molar-refractivity contribution < 1.29 is 9.37 Å². The van der Waals surface area contributed by atoms with Gasteiger partial charge in [0.25, 0.3) is 0 Å². The molecule has 0 unspecified atom stereocenters. The summed E-state index contributed by atoms with van der Waals surface area (Å²) in [6.45, 7) is 14.5. The smallest absolute Gasteiger partial charge is 0.157 e. The van der Waals surface area contributed by atoms with Gasteiger partial charge in [-0.2, -0.15) is 0 Å². The highest BCUT2D eigenvalue weighted by molar-refractivity contribution is 5.93. The summed E-state index contributed by atoms with van der Waals surface area (Å²) in [5.41, 5.74) is 0.667. The summed E-state index contributed by atoms with van der Waals surface area (Å²) in [7, 11) is 0. The van der Waals surface area contributed by atoms with E-state index in [4.69, 9.17) is 0 Å². The molecule has 0 aliphatic carbocycles. The summed E-state index contributed by atoms with van der Waals surface area (Å²) >= 11 is 0. The molecule has 0 fully saturated rings. The van der Waals surface area contributed by atoms with Gasteiger partial charge in [0.2, 0.25) is 0 Å². The minimum atomic E-state index is 0.185. The van der Waals surface area contributed by atoms with Crippen LogP contribution in [-0.2, 0) is 4.79 Å². The molecule has 0 rings (SSSR count). The number of nitrogens with zero attached hydrogens (tertiary/aromatic N) is 1. The average Bonchev–Trinajstić information content (AvgIpc) is 2.11. The van der Waals surface area contributed by atoms with Gasteiger partial charge in [-0.1, -0.05) is 6.58 Å². The zero-order chi connectivity index (χ0) is 11.1. The first-order chi connectivity index (χ1) is 6.45. The summed E-state index contributed by atoms with van der Waals surface area (Å²) < 4.78 is 2.05. The van der Waals surface area contributed by atoms with Crippen LogP contribution in [0.15, 0.2) is 12.2 Å². The summed E-state index contributed by atoms with van der Waals surface area (Å²) in [5.74, 6) is 0.185. The minimum absolute atomic E-state index is 0.185. The molecule has 0 aliphatic rings. The van der Waals surface area contributed by atoms with Crippen molar-refractivity contribution in [2.45, 2.75) is 46.1 Å². The predicted molar refractivity (Wildman–Crippen MR) is 61.1 cm³/mol. The Kier molecular flexibility index (Phi) is 6.09. The van der Waals surface area contributed by atoms with Gasteiger partial charge in [-0.05, 0) is 32.8 Å². The maximum atomic E-state index is 11.2. The van der Waals surface area contributed by atoms with E-state index in [-0.39, 0.29) is 5.78 Å². The molecule has 0 atom stereocenters. The number of carbonyl (C=O) groups excluding carboxylic acids is 1. The number of rotatable bonds is 7. The van der Waals surface area contributed by atoms with E-state index >= 15 is 0 Å². The number of hydrogen-bond donors (Lipinski definition) is 0. The van der Waals surface area contributed by atoms with Gasteiger partial charge in [0.05, 0.1) is 0 Å². The minimum Gasteiger partial charge on any atom is -0.295 e. The molecule has 0 spiro atoms. The van der Waals surface area contributed by atoms with Crippen LogP contribution in [0.1, 0.15) is 40.0 Å². The van der Waals surface area contributed by atoms with Gasteiger partial charge in [0, 0.05) is 12.8 Å². The van der Waals surface area contributed by atoms with E-state index in [0.29, 0.717) is 18.0 Å². The molecule has 0 heterocycles. The predicted octanol–water partition coefficient (Wildman–Crippen LogP) is 2.42. The largest absolute Gasteiger partial charge is 0.295 e. The van der Waals surface area contributed by atoms with Crippen LogP contribution in [0.4, 0.5) is 0 Å². The van der Waals surface area contributed by atoms with E-state index < -0.39 is 0 Å². The van der Waals surface area contributed by atoms with Crippen molar-refractivity contribution in [2.24, 2.45) is 0 Å². The highest BCUT2D eigenvalue weighted by Crippen LogP contribution is 2.02. The van der Waals surface area contributed by atoms with Crippen LogP contribution in [0.5, 0.6) is 0 Å². The number of allylic oxidation sites excluding steroid dienone is 1. The Hall–Kier alpha value is -0.920. The monoisotopic (exact) mass is 196 g/mol. The number of unbranched alkanes of at least 4 members (excludes halogenated alkanes) is 1. The third-order valence-electron chi connectivity index (χ3n) is 2.31. The molecule has 14 heavy (non-hydrogen) atoms. The van der Waals surface area contributed by atoms with E-state index in [1.54, 1.807) is 6.92 Å². The van der Waals surface area contributed by atoms with Crippen molar-refractivity contribution in [3.63, 3.8) is 0 Å². The lowest BCUT2D eigenvalue weighted by molar-refractivity contribution is -0.551. The molecule has 0 aromatic rings. The standard InChI is InChI=1S/C12H22NO/c1-10(2)12(14)8-6-7-9-13(5)11(3)4/h11H,1,5-9H2,2-4H3/q+1. The van der Waals surface area contributed by atoms with Gasteiger partial charge in [0.15, 0.2) is 5.78 Å². The second kappa shape index (κ2) is 6.52. The fraction of sp³-hybridized carbons (Fsp3) is 0.667. The molecule has 0 aromatic heterocycles. The summed E-state index contributed by atoms with van der Waals surface area (Å²) in [6.07, 6.45) is 2.59. The van der Waals surface area contributed by atoms with Crippen molar-refractivity contribution in [1.82, 2.24) is 0 Å². The first-order valence-electron chi connectivity index (χ1n) is 5.21. The molecule has 80 valence electrons. The molecule has 2 nitrogen and oxygen atoms in total. The number of Topliss-reactive ketones (excluding diaryl/α,β-unsaturated/α-hetero) is 1. The van der Waals surface area contributed by atoms with Gasteiger partial charge >= 0.3 is 0 Å². The molecule has 0 aromatic carbocycles. The van der Waals surface area contributed by atoms with Crippen LogP contribution in [0.2, 0.25) is 0 Å². The lowest BCUT2D eigenvalue weighted by atomic mass is 10.1. The van der Waals surface area contributed by atoms with Crippen molar-refractivity contribution in [1.29, 1.82) is 0 Å². The Morgan fingerprint density at radius 3 is 2.36 bits per heavy atom. The first kappa shape index (κ1) is 13.1. The van der Waals surface area contributed by atoms with Crippen LogP contribution in [-0.4, -0.2) is 29.7 Å². The van der Waals surface area contributed by atoms with E-state index in [0.717, 1.165) is 19.4 Å². The van der Waals surface area contributed by atoms with Gasteiger partial charge in [-0.25, -0.2) is 4.58 Å². The SMILES string of the molecule is C=C(C)C(=O)CCCC[N+](=C)C(C)C. The van der Waals surface area contributed by atoms with Gasteiger partial charge in [0.1, 0.15) is 19.3 Å². The van der Waals surface area contributed by atoms with E-state index in [9.17, 15) is 4.79 Å². The van der Waals surface area contributed by atoms with Crippen LogP contribution in [0.3, 0.4) is 0 Å². The van der Waals surface area contributed by atoms with E-state index in [2.05, 4.69) is 27.1 Å². The second-order valence-electron chi connectivity index (χ2n) is 4.07. The lowest BCUT2D eigenvalue weighted by Crippen LogP contribution is -2.19. The quantitative estimate of drug-likeness (QED) is 0.265. The van der Waals surface area contributed by atoms with Gasteiger partial charge in [-0.3, -0.25) is 4.79 Å². The fourth-order valence-electron chi connectivity index (χ4n) is 1.07. The van der Waals surface area contributed by atoms with Crippen LogP contribution in [0, 0.1) is 0 Å². The Balaban J connectivity index is 3.52. The first-order valence-corrected chi connectivity index (χ1v) is 5.21. The molecule has 0 radical (unpaired) electrons. The van der Waals surface area contributed by atoms with Crippen LogP contribution < -0.4 is 0 Å². The average molecular weight is 196 g/mol. The third-order valence-corrected chi connectivity index (χ3v) is 2.31. The molecular formula is C12H22NO+. The molecule has 0 N–H and O–H groups in total. The van der Waals surface area contributed by atoms with E-state index in [1.807, 2.05) is 4.58 Å². The zero-order valence-electron chi connectivity index (χ0n) is 9.68. The van der Waals surface area contributed by atoms with Crippen LogP contribution in [0.25, 0.3) is 0 Å². The Bertz CT molecular complexity index is 228. The Labute approximate surface area is 87.3 Å². The molecule has 0 saturated carbocycles. The number of ketones is 1. The molecule has 0 saturated heterocycles. The highest BCUT2D eigenvalue weighted by atomic mass is 16.1. The third kappa shape index (κ3) is 5.68. The van der Waals surface area contributed by atoms with Crippen molar-refractivity contribution in [3.8, 4) is 0 Å². The molecule has 0 aliphatic heterocycles. The number of hydrogen-bond acceptors (Lipinski definition) is 1. The van der Waals surface area contributed by atoms with Crippen molar-refractivity contribution in [2.75, 3.05) is 6.54 Å². The van der Waals surface area contributed by atoms with Gasteiger partial charge < -0.3 is 0 Å². The highest BCUT2D eigenvalue weighted by Gasteiger charge is 2.06. The summed E-state index contributed by atoms with van der Waals surface area (Å²) in [5, 5.41) is 0. The van der Waals surface area contributed by atoms with Crippen molar-refractivity contribution in [3.05, 3.63) is 12.2 Å². The van der Waals surface area contributed by atoms with Crippen LogP contribution >= 0.6 is 0 Å². The lowest BCUT2D eigenvalue weighted by Gasteiger charge is -2.04. The normalized spacial score (nSPS) is 10.3. The maximum Gasteiger partial charge on any atom is 0.157 e. The van der Waals surface area contributed by atoms with Crippen molar-refractivity contribution >= 4 is 12.5 Å². The Morgan fingerprint density at radius 1 is 1.36 bits per heavy atom. The molecule has 2 heteroatoms. The number of carbonyl (C=O) groups is 1. The molecular weight excluding hydrogens is 174 g/mol. The topological polar surface area (TPSA) is 20.1 Å². The zero-order valence-corrected chi connectivity index (χ0v) is 9.68. The maximum absolute atomic E-state index is 11.2.